The summed E-state index contributed by atoms with van der Waals surface area (Å²) < 4.78 is 0. The molecule has 1 fully saturated rings. The molecule has 1 aliphatic rings. The van der Waals surface area contributed by atoms with Crippen LogP contribution in [0.5, 0.6) is 0 Å². The van der Waals surface area contributed by atoms with Crippen LogP contribution in [-0.4, -0.2) is 30.6 Å². The first-order valence-electron chi connectivity index (χ1n) is 7.01. The minimum absolute atomic E-state index is 0.297. The second-order valence-corrected chi connectivity index (χ2v) is 5.10. The average molecular weight is 275 g/mol. The Morgan fingerprint density at radius 1 is 1.30 bits per heavy atom. The van der Waals surface area contributed by atoms with Gasteiger partial charge in [0.15, 0.2) is 0 Å². The standard InChI is InChI=1S/C15H21N3O2/c1-3-16-15(20)18-14(19)10(2)17-13-9-12(13)11-7-5-4-6-8-11/h4-8,10,12-13,17H,3,9H2,1-2H3,(H2,16,18,19,20). The fourth-order valence-electron chi connectivity index (χ4n) is 2.27. The van der Waals surface area contributed by atoms with Crippen LogP contribution < -0.4 is 16.0 Å². The summed E-state index contributed by atoms with van der Waals surface area (Å²) in [4.78, 5) is 23.1. The summed E-state index contributed by atoms with van der Waals surface area (Å²) in [7, 11) is 0. The van der Waals surface area contributed by atoms with Crippen LogP contribution in [0.4, 0.5) is 4.79 Å². The Morgan fingerprint density at radius 2 is 2.00 bits per heavy atom. The van der Waals surface area contributed by atoms with E-state index in [-0.39, 0.29) is 11.9 Å². The summed E-state index contributed by atoms with van der Waals surface area (Å²) in [6, 6.07) is 9.74. The van der Waals surface area contributed by atoms with Crippen LogP contribution in [0.1, 0.15) is 31.7 Å². The predicted octanol–water partition coefficient (Wildman–Crippen LogP) is 1.37. The number of urea groups is 1. The summed E-state index contributed by atoms with van der Waals surface area (Å²) in [5, 5.41) is 8.11. The van der Waals surface area contributed by atoms with Crippen LogP contribution in [0.25, 0.3) is 0 Å². The number of amides is 3. The molecule has 3 amide bonds. The van der Waals surface area contributed by atoms with Crippen molar-refractivity contribution in [1.29, 1.82) is 0 Å². The van der Waals surface area contributed by atoms with Crippen LogP contribution in [-0.2, 0) is 4.79 Å². The van der Waals surface area contributed by atoms with E-state index in [1.807, 2.05) is 18.2 Å². The number of benzene rings is 1. The van der Waals surface area contributed by atoms with Crippen LogP contribution in [0.2, 0.25) is 0 Å². The van der Waals surface area contributed by atoms with Gasteiger partial charge in [-0.1, -0.05) is 30.3 Å². The fourth-order valence-corrected chi connectivity index (χ4v) is 2.27. The third-order valence-electron chi connectivity index (χ3n) is 3.45. The average Bonchev–Trinajstić information content (AvgIpc) is 3.19. The van der Waals surface area contributed by atoms with Crippen molar-refractivity contribution in [2.45, 2.75) is 38.3 Å². The lowest BCUT2D eigenvalue weighted by Gasteiger charge is -2.13. The molecule has 1 aromatic carbocycles. The second kappa shape index (κ2) is 6.52. The Kier molecular flexibility index (Phi) is 4.74. The van der Waals surface area contributed by atoms with E-state index in [4.69, 9.17) is 0 Å². The summed E-state index contributed by atoms with van der Waals surface area (Å²) in [6.45, 7) is 4.08. The van der Waals surface area contributed by atoms with Crippen molar-refractivity contribution < 1.29 is 9.59 Å². The number of hydrogen-bond donors (Lipinski definition) is 3. The molecule has 1 saturated carbocycles. The molecule has 0 spiro atoms. The van der Waals surface area contributed by atoms with Gasteiger partial charge in [0.2, 0.25) is 5.91 Å². The zero-order chi connectivity index (χ0) is 14.5. The Balaban J connectivity index is 1.77. The third kappa shape index (κ3) is 3.81. The van der Waals surface area contributed by atoms with E-state index in [0.717, 1.165) is 6.42 Å². The highest BCUT2D eigenvalue weighted by Gasteiger charge is 2.39. The van der Waals surface area contributed by atoms with Gasteiger partial charge in [-0.15, -0.1) is 0 Å². The Bertz CT molecular complexity index is 475. The van der Waals surface area contributed by atoms with Gasteiger partial charge in [-0.3, -0.25) is 10.1 Å². The van der Waals surface area contributed by atoms with Gasteiger partial charge in [0.25, 0.3) is 0 Å². The quantitative estimate of drug-likeness (QED) is 0.760. The molecular formula is C15H21N3O2. The summed E-state index contributed by atoms with van der Waals surface area (Å²) in [6.07, 6.45) is 1.03. The van der Waals surface area contributed by atoms with Gasteiger partial charge < -0.3 is 10.6 Å². The number of nitrogens with one attached hydrogen (secondary N) is 3. The first-order valence-corrected chi connectivity index (χ1v) is 7.01. The lowest BCUT2D eigenvalue weighted by atomic mass is 10.1. The van der Waals surface area contributed by atoms with Crippen molar-refractivity contribution in [3.63, 3.8) is 0 Å². The molecule has 5 heteroatoms. The maximum absolute atomic E-state index is 11.8. The Labute approximate surface area is 119 Å². The van der Waals surface area contributed by atoms with Gasteiger partial charge in [0.05, 0.1) is 6.04 Å². The maximum atomic E-state index is 11.8. The van der Waals surface area contributed by atoms with E-state index in [1.165, 1.54) is 5.56 Å². The van der Waals surface area contributed by atoms with E-state index in [2.05, 4.69) is 28.1 Å². The number of carbonyl (C=O) groups excluding carboxylic acids is 2. The molecule has 3 unspecified atom stereocenters. The smallest absolute Gasteiger partial charge is 0.321 e. The van der Waals surface area contributed by atoms with E-state index >= 15 is 0 Å². The minimum Gasteiger partial charge on any atom is -0.338 e. The lowest BCUT2D eigenvalue weighted by molar-refractivity contribution is -0.121. The molecule has 0 bridgehead atoms. The fraction of sp³-hybridized carbons (Fsp3) is 0.467. The first-order chi connectivity index (χ1) is 9.61. The predicted molar refractivity (Wildman–Crippen MR) is 77.4 cm³/mol. The molecule has 0 radical (unpaired) electrons. The largest absolute Gasteiger partial charge is 0.338 e. The highest BCUT2D eigenvalue weighted by atomic mass is 16.2. The maximum Gasteiger partial charge on any atom is 0.321 e. The van der Waals surface area contributed by atoms with Crippen molar-refractivity contribution in [1.82, 2.24) is 16.0 Å². The molecule has 0 saturated heterocycles. The number of imide groups is 1. The molecule has 0 aliphatic heterocycles. The Hall–Kier alpha value is -1.88. The van der Waals surface area contributed by atoms with E-state index in [1.54, 1.807) is 13.8 Å². The molecule has 0 aromatic heterocycles. The van der Waals surface area contributed by atoms with Crippen LogP contribution in [0, 0.1) is 0 Å². The molecule has 3 atom stereocenters. The number of rotatable bonds is 5. The molecule has 1 aromatic rings. The van der Waals surface area contributed by atoms with Crippen molar-refractivity contribution in [2.24, 2.45) is 0 Å². The minimum atomic E-state index is -0.443. The topological polar surface area (TPSA) is 70.2 Å². The monoisotopic (exact) mass is 275 g/mol. The highest BCUT2D eigenvalue weighted by Crippen LogP contribution is 2.40. The molecule has 0 heterocycles. The van der Waals surface area contributed by atoms with Crippen molar-refractivity contribution >= 4 is 11.9 Å². The normalized spacial score (nSPS) is 21.9. The van der Waals surface area contributed by atoms with Gasteiger partial charge in [-0.2, -0.15) is 0 Å². The van der Waals surface area contributed by atoms with E-state index in [0.29, 0.717) is 18.5 Å². The van der Waals surface area contributed by atoms with Crippen molar-refractivity contribution in [3.05, 3.63) is 35.9 Å². The Morgan fingerprint density at radius 3 is 2.65 bits per heavy atom. The zero-order valence-corrected chi connectivity index (χ0v) is 11.8. The lowest BCUT2D eigenvalue weighted by Crippen LogP contribution is -2.48. The molecular weight excluding hydrogens is 254 g/mol. The first kappa shape index (κ1) is 14.5. The van der Waals surface area contributed by atoms with Gasteiger partial charge in [0, 0.05) is 18.5 Å². The van der Waals surface area contributed by atoms with E-state index in [9.17, 15) is 9.59 Å². The summed E-state index contributed by atoms with van der Waals surface area (Å²) in [5.74, 6) is 0.172. The van der Waals surface area contributed by atoms with Gasteiger partial charge in [0.1, 0.15) is 0 Å². The molecule has 2 rings (SSSR count). The van der Waals surface area contributed by atoms with Crippen LogP contribution >= 0.6 is 0 Å². The second-order valence-electron chi connectivity index (χ2n) is 5.10. The van der Waals surface area contributed by atoms with Crippen LogP contribution in [0.3, 0.4) is 0 Å². The van der Waals surface area contributed by atoms with Gasteiger partial charge in [-0.25, -0.2) is 4.79 Å². The molecule has 20 heavy (non-hydrogen) atoms. The van der Waals surface area contributed by atoms with Crippen molar-refractivity contribution in [2.75, 3.05) is 6.54 Å². The van der Waals surface area contributed by atoms with Crippen LogP contribution in [0.15, 0.2) is 30.3 Å². The van der Waals surface area contributed by atoms with Crippen molar-refractivity contribution in [3.8, 4) is 0 Å². The number of hydrogen-bond acceptors (Lipinski definition) is 3. The highest BCUT2D eigenvalue weighted by molar-refractivity contribution is 5.96. The molecule has 3 N–H and O–H groups in total. The summed E-state index contributed by atoms with van der Waals surface area (Å²) in [5.41, 5.74) is 1.29. The number of carbonyl (C=O) groups is 2. The SMILES string of the molecule is CCNC(=O)NC(=O)C(C)NC1CC1c1ccccc1. The molecule has 5 nitrogen and oxygen atoms in total. The molecule has 108 valence electrons. The van der Waals surface area contributed by atoms with Gasteiger partial charge in [-0.05, 0) is 25.8 Å². The molecule has 1 aliphatic carbocycles. The third-order valence-corrected chi connectivity index (χ3v) is 3.45. The van der Waals surface area contributed by atoms with Gasteiger partial charge >= 0.3 is 6.03 Å². The van der Waals surface area contributed by atoms with E-state index < -0.39 is 6.03 Å². The zero-order valence-electron chi connectivity index (χ0n) is 11.8. The summed E-state index contributed by atoms with van der Waals surface area (Å²) >= 11 is 0.